The van der Waals surface area contributed by atoms with Crippen molar-refractivity contribution in [3.63, 3.8) is 0 Å². The van der Waals surface area contributed by atoms with E-state index in [4.69, 9.17) is 16.3 Å². The molecular formula is C28H26ClF2N3O6S2. The first-order valence-electron chi connectivity index (χ1n) is 12.8. The standard InChI is InChI=1S/C28H26ClF2N3O6S2/c1-33(21-11-18(4-6-20(21)29)26(36)34-14-28(30,31)15-34)27(37)23-13-16-7-9-40-22-12-17(3-5-19(22)24(16)41-23)25(35)32-8-10-42(2,38)39/h3-6,11-13H,7-10,14-15H2,1-2H3,(H,32,35). The number of hydrogen-bond donors (Lipinski definition) is 1. The molecule has 2 aliphatic rings. The zero-order valence-corrected chi connectivity index (χ0v) is 25.0. The molecule has 0 radical (unpaired) electrons. The van der Waals surface area contributed by atoms with Crippen LogP contribution in [0.1, 0.15) is 36.0 Å². The number of ether oxygens (including phenoxy) is 1. The van der Waals surface area contributed by atoms with Crippen LogP contribution in [0.2, 0.25) is 5.02 Å². The van der Waals surface area contributed by atoms with Gasteiger partial charge in [-0.2, -0.15) is 0 Å². The van der Waals surface area contributed by atoms with Crippen LogP contribution in [-0.2, 0) is 16.3 Å². The Hall–Kier alpha value is -3.55. The molecule has 42 heavy (non-hydrogen) atoms. The molecule has 0 aliphatic carbocycles. The summed E-state index contributed by atoms with van der Waals surface area (Å²) in [5, 5.41) is 2.80. The summed E-state index contributed by atoms with van der Waals surface area (Å²) in [4.78, 5) is 42.3. The molecule has 1 aromatic heterocycles. The third-order valence-electron chi connectivity index (χ3n) is 6.89. The van der Waals surface area contributed by atoms with Crippen LogP contribution < -0.4 is 15.0 Å². The molecule has 0 saturated carbocycles. The summed E-state index contributed by atoms with van der Waals surface area (Å²) in [6.07, 6.45) is 1.61. The Bertz CT molecular complexity index is 1700. The van der Waals surface area contributed by atoms with E-state index in [1.807, 2.05) is 0 Å². The van der Waals surface area contributed by atoms with E-state index >= 15 is 0 Å². The molecule has 3 heterocycles. The van der Waals surface area contributed by atoms with Gasteiger partial charge in [-0.05, 0) is 48.0 Å². The van der Waals surface area contributed by atoms with Crippen LogP contribution in [0.15, 0.2) is 42.5 Å². The van der Waals surface area contributed by atoms with E-state index in [-0.39, 0.29) is 34.5 Å². The van der Waals surface area contributed by atoms with Gasteiger partial charge in [-0.1, -0.05) is 11.6 Å². The van der Waals surface area contributed by atoms with Gasteiger partial charge in [0.2, 0.25) is 0 Å². The molecule has 2 aliphatic heterocycles. The van der Waals surface area contributed by atoms with E-state index in [0.717, 1.165) is 21.6 Å². The molecule has 14 heteroatoms. The van der Waals surface area contributed by atoms with Crippen molar-refractivity contribution in [2.45, 2.75) is 12.3 Å². The van der Waals surface area contributed by atoms with Gasteiger partial charge < -0.3 is 19.9 Å². The molecule has 0 bridgehead atoms. The molecule has 1 fully saturated rings. The Morgan fingerprint density at radius 3 is 2.52 bits per heavy atom. The number of anilines is 1. The molecule has 0 atom stereocenters. The third-order valence-corrected chi connectivity index (χ3v) is 9.35. The smallest absolute Gasteiger partial charge is 0.282 e. The number of rotatable bonds is 7. The highest BCUT2D eigenvalue weighted by Crippen LogP contribution is 2.42. The lowest BCUT2D eigenvalue weighted by Gasteiger charge is -2.38. The lowest BCUT2D eigenvalue weighted by molar-refractivity contribution is -0.113. The Kier molecular flexibility index (Phi) is 8.03. The maximum atomic E-state index is 13.6. The van der Waals surface area contributed by atoms with Gasteiger partial charge in [0, 0.05) is 47.8 Å². The van der Waals surface area contributed by atoms with E-state index in [1.165, 1.54) is 41.5 Å². The monoisotopic (exact) mass is 637 g/mol. The largest absolute Gasteiger partial charge is 0.493 e. The van der Waals surface area contributed by atoms with E-state index in [0.29, 0.717) is 34.8 Å². The van der Waals surface area contributed by atoms with Gasteiger partial charge in [-0.3, -0.25) is 14.4 Å². The number of alkyl halides is 2. The van der Waals surface area contributed by atoms with E-state index < -0.39 is 40.7 Å². The fourth-order valence-corrected chi connectivity index (χ4v) is 6.59. The van der Waals surface area contributed by atoms with Crippen molar-refractivity contribution in [1.82, 2.24) is 10.2 Å². The molecule has 2 aromatic carbocycles. The topological polar surface area (TPSA) is 113 Å². The van der Waals surface area contributed by atoms with Crippen LogP contribution in [0, 0.1) is 0 Å². The van der Waals surface area contributed by atoms with Gasteiger partial charge in [0.25, 0.3) is 23.6 Å². The average Bonchev–Trinajstić information content (AvgIpc) is 3.26. The summed E-state index contributed by atoms with van der Waals surface area (Å²) in [6.45, 7) is -1.01. The quantitative estimate of drug-likeness (QED) is 0.417. The van der Waals surface area contributed by atoms with E-state index in [1.54, 1.807) is 24.3 Å². The molecule has 3 aromatic rings. The number of nitrogens with one attached hydrogen (secondary N) is 1. The second-order valence-electron chi connectivity index (χ2n) is 10.2. The van der Waals surface area contributed by atoms with Gasteiger partial charge in [0.1, 0.15) is 15.6 Å². The van der Waals surface area contributed by atoms with Gasteiger partial charge >= 0.3 is 0 Å². The van der Waals surface area contributed by atoms with Crippen LogP contribution in [0.3, 0.4) is 0 Å². The molecule has 9 nitrogen and oxygen atoms in total. The van der Waals surface area contributed by atoms with Gasteiger partial charge in [-0.15, -0.1) is 11.3 Å². The first-order valence-corrected chi connectivity index (χ1v) is 16.1. The second-order valence-corrected chi connectivity index (χ2v) is 13.9. The summed E-state index contributed by atoms with van der Waals surface area (Å²) < 4.78 is 55.1. The summed E-state index contributed by atoms with van der Waals surface area (Å²) in [6, 6.07) is 11.0. The van der Waals surface area contributed by atoms with E-state index in [9.17, 15) is 31.6 Å². The first kappa shape index (κ1) is 29.9. The first-order chi connectivity index (χ1) is 19.7. The fourth-order valence-electron chi connectivity index (χ4n) is 4.66. The summed E-state index contributed by atoms with van der Waals surface area (Å²) >= 11 is 7.62. The summed E-state index contributed by atoms with van der Waals surface area (Å²) in [5.41, 5.74) is 2.31. The van der Waals surface area contributed by atoms with Crippen LogP contribution in [0.4, 0.5) is 14.5 Å². The number of benzene rings is 2. The van der Waals surface area contributed by atoms with Gasteiger partial charge in [0.15, 0.2) is 0 Å². The number of thiophene rings is 1. The van der Waals surface area contributed by atoms with Crippen molar-refractivity contribution in [2.75, 3.05) is 50.2 Å². The number of hydrogen-bond acceptors (Lipinski definition) is 7. The fraction of sp³-hybridized carbons (Fsp3) is 0.321. The van der Waals surface area contributed by atoms with E-state index in [2.05, 4.69) is 5.32 Å². The number of halogens is 3. The number of carbonyl (C=O) groups is 3. The van der Waals surface area contributed by atoms with Crippen molar-refractivity contribution in [1.29, 1.82) is 0 Å². The zero-order valence-electron chi connectivity index (χ0n) is 22.6. The predicted octanol–water partition coefficient (Wildman–Crippen LogP) is 4.15. The van der Waals surface area contributed by atoms with Gasteiger partial charge in [0.05, 0.1) is 41.0 Å². The molecule has 222 valence electrons. The maximum absolute atomic E-state index is 13.6. The third kappa shape index (κ3) is 6.27. The van der Waals surface area contributed by atoms with Crippen molar-refractivity contribution in [2.24, 2.45) is 0 Å². The van der Waals surface area contributed by atoms with Crippen molar-refractivity contribution >= 4 is 56.2 Å². The van der Waals surface area contributed by atoms with Crippen molar-refractivity contribution in [3.8, 4) is 16.2 Å². The number of amides is 3. The van der Waals surface area contributed by atoms with Crippen LogP contribution in [0.25, 0.3) is 10.4 Å². The lowest BCUT2D eigenvalue weighted by Crippen LogP contribution is -2.58. The number of carbonyl (C=O) groups excluding carboxylic acids is 3. The highest BCUT2D eigenvalue weighted by atomic mass is 35.5. The molecule has 0 spiro atoms. The molecule has 3 amide bonds. The number of fused-ring (bicyclic) bond motifs is 3. The molecule has 5 rings (SSSR count). The highest BCUT2D eigenvalue weighted by molar-refractivity contribution is 7.90. The Morgan fingerprint density at radius 2 is 1.83 bits per heavy atom. The Morgan fingerprint density at radius 1 is 1.12 bits per heavy atom. The predicted molar refractivity (Wildman–Crippen MR) is 156 cm³/mol. The summed E-state index contributed by atoms with van der Waals surface area (Å²) in [5.74, 6) is -3.98. The molecule has 1 saturated heterocycles. The highest BCUT2D eigenvalue weighted by Gasteiger charge is 2.46. The Balaban J connectivity index is 1.36. The zero-order chi connectivity index (χ0) is 30.4. The maximum Gasteiger partial charge on any atom is 0.282 e. The molecular weight excluding hydrogens is 612 g/mol. The minimum Gasteiger partial charge on any atom is -0.493 e. The van der Waals surface area contributed by atoms with Crippen LogP contribution in [-0.4, -0.2) is 82.3 Å². The van der Waals surface area contributed by atoms with Crippen LogP contribution in [0.5, 0.6) is 5.75 Å². The second kappa shape index (κ2) is 11.3. The Labute approximate surface area is 249 Å². The minimum absolute atomic E-state index is 0.0149. The SMILES string of the molecule is CN(C(=O)c1cc2c(s1)-c1ccc(C(=O)NCCS(C)(=O)=O)cc1OCC2)c1cc(C(=O)N2CC(F)(F)C2)ccc1Cl. The normalized spacial score (nSPS) is 15.4. The van der Waals surface area contributed by atoms with Crippen molar-refractivity contribution in [3.05, 3.63) is 69.1 Å². The lowest BCUT2D eigenvalue weighted by atomic mass is 10.0. The van der Waals surface area contributed by atoms with Crippen molar-refractivity contribution < 1.29 is 36.3 Å². The van der Waals surface area contributed by atoms with Crippen LogP contribution >= 0.6 is 22.9 Å². The minimum atomic E-state index is -3.22. The number of likely N-dealkylation sites (tertiary alicyclic amines) is 1. The molecule has 1 N–H and O–H groups in total. The van der Waals surface area contributed by atoms with Gasteiger partial charge in [-0.25, -0.2) is 17.2 Å². The average molecular weight is 638 g/mol. The summed E-state index contributed by atoms with van der Waals surface area (Å²) in [7, 11) is -1.70. The number of sulfone groups is 1. The molecule has 0 unspecified atom stereocenters. The number of nitrogens with zero attached hydrogens (tertiary/aromatic N) is 2.